The van der Waals surface area contributed by atoms with Gasteiger partial charge in [0.2, 0.25) is 5.89 Å². The van der Waals surface area contributed by atoms with Crippen LogP contribution in [0.15, 0.2) is 58.2 Å². The van der Waals surface area contributed by atoms with Crippen molar-refractivity contribution in [2.75, 3.05) is 7.11 Å². The van der Waals surface area contributed by atoms with Gasteiger partial charge in [-0.15, -0.1) is 0 Å². The van der Waals surface area contributed by atoms with Gasteiger partial charge in [0, 0.05) is 16.1 Å². The molecule has 0 N–H and O–H groups in total. The first-order valence-electron chi connectivity index (χ1n) is 8.04. The first kappa shape index (κ1) is 19.6. The van der Waals surface area contributed by atoms with E-state index in [0.717, 1.165) is 5.56 Å². The minimum atomic E-state index is -2.93. The van der Waals surface area contributed by atoms with Gasteiger partial charge in [-0.2, -0.15) is 8.78 Å². The van der Waals surface area contributed by atoms with Gasteiger partial charge in [-0.25, -0.2) is 4.98 Å². The summed E-state index contributed by atoms with van der Waals surface area (Å²) >= 11 is 5.86. The molecule has 3 rings (SSSR count). The first-order chi connectivity index (χ1) is 13.5. The van der Waals surface area contributed by atoms with Gasteiger partial charge in [0.1, 0.15) is 0 Å². The summed E-state index contributed by atoms with van der Waals surface area (Å²) in [4.78, 5) is 9.28. The Bertz CT molecular complexity index is 945. The highest BCUT2D eigenvalue weighted by atomic mass is 35.5. The molecule has 28 heavy (non-hydrogen) atoms. The van der Waals surface area contributed by atoms with Gasteiger partial charge in [-0.3, -0.25) is 0 Å². The Kier molecular flexibility index (Phi) is 6.44. The van der Waals surface area contributed by atoms with Gasteiger partial charge < -0.3 is 18.7 Å². The van der Waals surface area contributed by atoms with Crippen LogP contribution in [0.25, 0.3) is 11.3 Å². The van der Waals surface area contributed by atoms with Crippen LogP contribution in [0.2, 0.25) is 5.02 Å². The van der Waals surface area contributed by atoms with Crippen LogP contribution in [0.5, 0.6) is 11.5 Å². The van der Waals surface area contributed by atoms with Gasteiger partial charge in [0.05, 0.1) is 19.5 Å². The van der Waals surface area contributed by atoms with Crippen molar-refractivity contribution in [1.82, 2.24) is 4.98 Å². The van der Waals surface area contributed by atoms with Crippen LogP contribution in [0.1, 0.15) is 11.5 Å². The molecule has 0 fully saturated rings. The normalized spacial score (nSPS) is 11.2. The number of hydrogen-bond acceptors (Lipinski definition) is 6. The lowest BCUT2D eigenvalue weighted by molar-refractivity contribution is -0.0512. The Morgan fingerprint density at radius 2 is 1.96 bits per heavy atom. The van der Waals surface area contributed by atoms with E-state index in [4.69, 9.17) is 25.6 Å². The summed E-state index contributed by atoms with van der Waals surface area (Å²) in [6.45, 7) is -2.91. The highest BCUT2D eigenvalue weighted by Crippen LogP contribution is 2.29. The monoisotopic (exact) mass is 408 g/mol. The molecular formula is C19H15ClF2N2O4. The minimum absolute atomic E-state index is 0.0216. The van der Waals surface area contributed by atoms with Gasteiger partial charge in [0.25, 0.3) is 0 Å². The Morgan fingerprint density at radius 3 is 2.68 bits per heavy atom. The van der Waals surface area contributed by atoms with Crippen molar-refractivity contribution in [3.05, 3.63) is 65.1 Å². The van der Waals surface area contributed by atoms with Gasteiger partial charge in [-0.05, 0) is 42.5 Å². The van der Waals surface area contributed by atoms with Crippen molar-refractivity contribution in [3.63, 3.8) is 0 Å². The van der Waals surface area contributed by atoms with Gasteiger partial charge in [0.15, 0.2) is 23.9 Å². The van der Waals surface area contributed by atoms with E-state index in [1.807, 2.05) is 12.1 Å². The molecule has 0 saturated heterocycles. The summed E-state index contributed by atoms with van der Waals surface area (Å²) < 4.78 is 39.6. The van der Waals surface area contributed by atoms with Gasteiger partial charge >= 0.3 is 6.61 Å². The van der Waals surface area contributed by atoms with Crippen LogP contribution in [0.3, 0.4) is 0 Å². The van der Waals surface area contributed by atoms with Crippen LogP contribution in [-0.4, -0.2) is 24.9 Å². The largest absolute Gasteiger partial charge is 0.493 e. The number of nitrogens with zero attached hydrogens (tertiary/aromatic N) is 2. The summed E-state index contributed by atoms with van der Waals surface area (Å²) in [5.41, 5.74) is 1.41. The van der Waals surface area contributed by atoms with Crippen molar-refractivity contribution < 1.29 is 27.5 Å². The molecule has 146 valence electrons. The molecule has 9 heteroatoms. The topological polar surface area (TPSA) is 66.1 Å². The highest BCUT2D eigenvalue weighted by molar-refractivity contribution is 6.30. The number of hydrogen-bond donors (Lipinski definition) is 0. The maximum absolute atomic E-state index is 12.3. The number of oxazole rings is 1. The molecule has 0 bridgehead atoms. The fourth-order valence-electron chi connectivity index (χ4n) is 2.27. The van der Waals surface area contributed by atoms with Crippen LogP contribution < -0.4 is 9.47 Å². The van der Waals surface area contributed by atoms with Crippen molar-refractivity contribution in [2.45, 2.75) is 13.2 Å². The number of benzene rings is 2. The fraction of sp³-hybridized carbons (Fsp3) is 0.158. The van der Waals surface area contributed by atoms with Crippen molar-refractivity contribution in [2.24, 2.45) is 5.16 Å². The number of oxime groups is 1. The Labute approximate surface area is 164 Å². The second-order valence-corrected chi connectivity index (χ2v) is 5.86. The molecule has 0 amide bonds. The standard InChI is InChI=1S/C19H15ClF2N2O4/c1-25-16-8-12(2-7-15(16)28-19(21)22)9-24-26-11-18-23-10-17(27-18)13-3-5-14(20)6-4-13/h2-10,19H,11H2,1H3/b24-9-. The Hall–Kier alpha value is -3.13. The average Bonchev–Trinajstić information content (AvgIpc) is 3.15. The maximum atomic E-state index is 12.3. The van der Waals surface area contributed by atoms with Crippen LogP contribution in [-0.2, 0) is 11.4 Å². The van der Waals surface area contributed by atoms with E-state index in [-0.39, 0.29) is 18.1 Å². The SMILES string of the molecule is COc1cc(/C=N\OCc2ncc(-c3ccc(Cl)cc3)o2)ccc1OC(F)F. The molecule has 6 nitrogen and oxygen atoms in total. The van der Waals surface area contributed by atoms with E-state index < -0.39 is 6.61 Å². The maximum Gasteiger partial charge on any atom is 0.387 e. The molecule has 3 aromatic rings. The lowest BCUT2D eigenvalue weighted by Gasteiger charge is -2.09. The smallest absolute Gasteiger partial charge is 0.387 e. The van der Waals surface area contributed by atoms with E-state index in [0.29, 0.717) is 22.2 Å². The molecule has 0 radical (unpaired) electrons. The summed E-state index contributed by atoms with van der Waals surface area (Å²) in [6.07, 6.45) is 2.98. The van der Waals surface area contributed by atoms with E-state index in [9.17, 15) is 8.78 Å². The number of ether oxygens (including phenoxy) is 2. The number of aromatic nitrogens is 1. The molecule has 0 aliphatic rings. The molecule has 1 aromatic heterocycles. The van der Waals surface area contributed by atoms with Gasteiger partial charge in [-0.1, -0.05) is 16.8 Å². The predicted octanol–water partition coefficient (Wildman–Crippen LogP) is 5.16. The molecule has 0 aliphatic heterocycles. The predicted molar refractivity (Wildman–Crippen MR) is 99.0 cm³/mol. The molecule has 0 spiro atoms. The summed E-state index contributed by atoms with van der Waals surface area (Å²) in [6, 6.07) is 11.5. The quantitative estimate of drug-likeness (QED) is 0.380. The lowest BCUT2D eigenvalue weighted by atomic mass is 10.2. The zero-order valence-corrected chi connectivity index (χ0v) is 15.4. The third-order valence-corrected chi connectivity index (χ3v) is 3.80. The minimum Gasteiger partial charge on any atom is -0.493 e. The molecule has 1 heterocycles. The second-order valence-electron chi connectivity index (χ2n) is 5.42. The van der Waals surface area contributed by atoms with Crippen molar-refractivity contribution in [3.8, 4) is 22.8 Å². The zero-order valence-electron chi connectivity index (χ0n) is 14.6. The molecule has 0 aliphatic carbocycles. The summed E-state index contributed by atoms with van der Waals surface area (Å²) in [7, 11) is 1.35. The molecule has 0 saturated carbocycles. The van der Waals surface area contributed by atoms with Crippen LogP contribution in [0, 0.1) is 0 Å². The van der Waals surface area contributed by atoms with Crippen LogP contribution in [0.4, 0.5) is 8.78 Å². The van der Waals surface area contributed by atoms with E-state index >= 15 is 0 Å². The first-order valence-corrected chi connectivity index (χ1v) is 8.42. The number of methoxy groups -OCH3 is 1. The molecular weight excluding hydrogens is 394 g/mol. The second kappa shape index (κ2) is 9.18. The Balaban J connectivity index is 1.57. The summed E-state index contributed by atoms with van der Waals surface area (Å²) in [5.74, 6) is 1.02. The Morgan fingerprint density at radius 1 is 1.18 bits per heavy atom. The number of halogens is 3. The van der Waals surface area contributed by atoms with Crippen molar-refractivity contribution >= 4 is 17.8 Å². The van der Waals surface area contributed by atoms with E-state index in [1.165, 1.54) is 31.5 Å². The third kappa shape index (κ3) is 5.20. The van der Waals surface area contributed by atoms with E-state index in [2.05, 4.69) is 14.9 Å². The number of alkyl halides is 2. The van der Waals surface area contributed by atoms with Crippen molar-refractivity contribution in [1.29, 1.82) is 0 Å². The zero-order chi connectivity index (χ0) is 19.9. The third-order valence-electron chi connectivity index (χ3n) is 3.55. The average molecular weight is 409 g/mol. The van der Waals surface area contributed by atoms with Crippen LogP contribution >= 0.6 is 11.6 Å². The summed E-state index contributed by atoms with van der Waals surface area (Å²) in [5, 5.41) is 4.44. The fourth-order valence-corrected chi connectivity index (χ4v) is 2.40. The molecule has 0 unspecified atom stereocenters. The molecule has 0 atom stereocenters. The molecule has 2 aromatic carbocycles. The highest BCUT2D eigenvalue weighted by Gasteiger charge is 2.11. The van der Waals surface area contributed by atoms with E-state index in [1.54, 1.807) is 18.3 Å². The lowest BCUT2D eigenvalue weighted by Crippen LogP contribution is -2.03. The number of rotatable bonds is 8.